The number of carbonyl (C=O) groups excluding carboxylic acids is 1. The number of nitrogens with zero attached hydrogens (tertiary/aromatic N) is 2. The van der Waals surface area contributed by atoms with Gasteiger partial charge in [-0.25, -0.2) is 0 Å². The number of ketones is 1. The summed E-state index contributed by atoms with van der Waals surface area (Å²) in [6.07, 6.45) is 6.87. The van der Waals surface area contributed by atoms with Crippen molar-refractivity contribution in [1.82, 2.24) is 4.98 Å². The molecular weight excluding hydrogens is 789 g/mol. The van der Waals surface area contributed by atoms with Crippen LogP contribution in [0, 0.1) is 36.7 Å². The average Bonchev–Trinajstić information content (AvgIpc) is 3.37. The Hall–Kier alpha value is -2.53. The number of anilines is 1. The van der Waals surface area contributed by atoms with Crippen molar-refractivity contribution < 1.29 is 30.0 Å². The molecule has 4 aromatic rings. The molecule has 1 N–H and O–H groups in total. The van der Waals surface area contributed by atoms with Crippen LogP contribution in [0.15, 0.2) is 54.4 Å². The molecule has 2 heterocycles. The molecule has 0 aliphatic rings. The molecule has 0 saturated heterocycles. The van der Waals surface area contributed by atoms with E-state index >= 15 is 0 Å². The van der Waals surface area contributed by atoms with Crippen molar-refractivity contribution in [2.75, 3.05) is 18.0 Å². The normalized spacial score (nSPS) is 12.0. The Morgan fingerprint density at radius 1 is 0.896 bits per heavy atom. The Morgan fingerprint density at radius 2 is 1.48 bits per heavy atom. The fraction of sp³-hybridized carbons (Fsp3) is 0.524. The van der Waals surface area contributed by atoms with Crippen molar-refractivity contribution in [1.29, 1.82) is 0 Å². The summed E-state index contributed by atoms with van der Waals surface area (Å²) in [5.74, 6) is 2.24. The molecule has 4 nitrogen and oxygen atoms in total. The van der Waals surface area contributed by atoms with E-state index in [-0.39, 0.29) is 43.5 Å². The minimum Gasteiger partial charge on any atom is -0.512 e. The Balaban J connectivity index is 0.000000427. The number of rotatable bonds is 14. The number of aliphatic hydroxyl groups is 1. The number of thiophene rings is 1. The smallest absolute Gasteiger partial charge is 0.162 e. The fourth-order valence-corrected chi connectivity index (χ4v) is 7.72. The molecule has 0 aliphatic heterocycles. The number of pyridine rings is 1. The maximum Gasteiger partial charge on any atom is 0.162 e. The number of allylic oxidation sites excluding steroid dienone is 2. The summed E-state index contributed by atoms with van der Waals surface area (Å²) in [7, 11) is 0. The molecule has 0 unspecified atom stereocenters. The second-order valence-corrected chi connectivity index (χ2v) is 15.1. The van der Waals surface area contributed by atoms with Gasteiger partial charge in [0.2, 0.25) is 0 Å². The number of benzene rings is 2. The molecule has 48 heavy (non-hydrogen) atoms. The molecule has 0 aliphatic carbocycles. The summed E-state index contributed by atoms with van der Waals surface area (Å²) in [5, 5.41) is 14.9. The van der Waals surface area contributed by atoms with E-state index in [0.29, 0.717) is 17.8 Å². The van der Waals surface area contributed by atoms with E-state index in [0.717, 1.165) is 50.0 Å². The van der Waals surface area contributed by atoms with E-state index < -0.39 is 0 Å². The number of hydrogen-bond acceptors (Lipinski definition) is 5. The van der Waals surface area contributed by atoms with E-state index in [4.69, 9.17) is 4.98 Å². The molecular formula is C42H59IrN2O2S-. The number of aliphatic hydroxyl groups excluding tert-OH is 1. The van der Waals surface area contributed by atoms with Gasteiger partial charge in [-0.1, -0.05) is 98.4 Å². The quantitative estimate of drug-likeness (QED) is 0.0780. The molecule has 2 aromatic carbocycles. The zero-order valence-corrected chi connectivity index (χ0v) is 34.5. The Bertz CT molecular complexity index is 1620. The Morgan fingerprint density at radius 3 is 2.02 bits per heavy atom. The van der Waals surface area contributed by atoms with E-state index in [1.807, 2.05) is 45.2 Å². The molecule has 0 bridgehead atoms. The third-order valence-corrected chi connectivity index (χ3v) is 10.4. The number of carbonyl (C=O) groups is 1. The summed E-state index contributed by atoms with van der Waals surface area (Å²) < 4.78 is 1.28. The minimum absolute atomic E-state index is 0. The summed E-state index contributed by atoms with van der Waals surface area (Å²) in [6.45, 7) is 26.3. The van der Waals surface area contributed by atoms with Crippen LogP contribution in [-0.2, 0) is 24.9 Å². The summed E-state index contributed by atoms with van der Waals surface area (Å²) in [5.41, 5.74) is 4.90. The van der Waals surface area contributed by atoms with Gasteiger partial charge in [-0.05, 0) is 67.4 Å². The van der Waals surface area contributed by atoms with Gasteiger partial charge >= 0.3 is 0 Å². The molecule has 2 aromatic heterocycles. The van der Waals surface area contributed by atoms with Crippen LogP contribution in [0.3, 0.4) is 0 Å². The standard InChI is InChI=1S/C29H35N2S.C13H24O2.Ir/c1-18(2)16-31(17-19(3)4)29-21(7)24-12-13-30-27(28(24)32-29)23-14-22-10-8-9-11-25(22)26(15-23)20(5)6;1-5-10(6-2)12(14)9-13(15)11(7-3)8-4;/h8-13,15,18-20H,16-17H2,1-7H3;9-11,14H,5-8H2,1-4H3;/q-1;;/b;12-9-;. The SMILES string of the molecule is CCC(CC)C(=O)/C=C(\O)C(CC)CC.Cc1c(N(CC(C)C)CC(C)C)sc2c(-c3[c-]c4ccccc4c(C(C)C)c3)nccc12.[Ir]. The van der Waals surface area contributed by atoms with Crippen molar-refractivity contribution in [2.45, 2.75) is 108 Å². The monoisotopic (exact) mass is 848 g/mol. The molecule has 0 saturated carbocycles. The van der Waals surface area contributed by atoms with E-state index in [1.54, 1.807) is 0 Å². The predicted octanol–water partition coefficient (Wildman–Crippen LogP) is 12.3. The van der Waals surface area contributed by atoms with Gasteiger partial charge in [0, 0.05) is 67.7 Å². The molecule has 0 fully saturated rings. The second-order valence-electron chi connectivity index (χ2n) is 14.1. The topological polar surface area (TPSA) is 53.4 Å². The van der Waals surface area contributed by atoms with Crippen LogP contribution in [0.25, 0.3) is 32.1 Å². The van der Waals surface area contributed by atoms with Gasteiger partial charge in [0.15, 0.2) is 5.78 Å². The Kier molecular flexibility index (Phi) is 17.0. The predicted molar refractivity (Wildman–Crippen MR) is 206 cm³/mol. The van der Waals surface area contributed by atoms with Crippen LogP contribution in [0.5, 0.6) is 0 Å². The molecule has 0 spiro atoms. The molecule has 0 amide bonds. The third kappa shape index (κ3) is 10.5. The van der Waals surface area contributed by atoms with Crippen molar-refractivity contribution in [2.24, 2.45) is 23.7 Å². The maximum atomic E-state index is 11.7. The van der Waals surface area contributed by atoms with Crippen LogP contribution in [-0.4, -0.2) is 29.0 Å². The minimum atomic E-state index is 0. The van der Waals surface area contributed by atoms with E-state index in [9.17, 15) is 9.90 Å². The van der Waals surface area contributed by atoms with Gasteiger partial charge in [-0.2, -0.15) is 0 Å². The first kappa shape index (κ1) is 41.6. The van der Waals surface area contributed by atoms with Crippen molar-refractivity contribution in [3.05, 3.63) is 71.6 Å². The zero-order chi connectivity index (χ0) is 34.8. The first-order valence-electron chi connectivity index (χ1n) is 17.9. The second kappa shape index (κ2) is 19.6. The zero-order valence-electron chi connectivity index (χ0n) is 31.2. The molecule has 265 valence electrons. The first-order chi connectivity index (χ1) is 22.4. The number of fused-ring (bicyclic) bond motifs is 2. The van der Waals surface area contributed by atoms with Crippen molar-refractivity contribution in [3.8, 4) is 11.3 Å². The number of hydrogen-bond donors (Lipinski definition) is 1. The van der Waals surface area contributed by atoms with E-state index in [1.165, 1.54) is 43.1 Å². The fourth-order valence-electron chi connectivity index (χ4n) is 6.39. The van der Waals surface area contributed by atoms with Gasteiger partial charge in [-0.3, -0.25) is 9.78 Å². The van der Waals surface area contributed by atoms with E-state index in [2.05, 4.69) is 95.8 Å². The first-order valence-corrected chi connectivity index (χ1v) is 18.7. The van der Waals surface area contributed by atoms with Gasteiger partial charge < -0.3 is 10.0 Å². The van der Waals surface area contributed by atoms with Crippen LogP contribution in [0.1, 0.15) is 112 Å². The summed E-state index contributed by atoms with van der Waals surface area (Å²) in [6, 6.07) is 16.8. The molecule has 0 atom stereocenters. The molecule has 4 rings (SSSR count). The molecule has 6 heteroatoms. The van der Waals surface area contributed by atoms with Crippen LogP contribution >= 0.6 is 11.3 Å². The summed E-state index contributed by atoms with van der Waals surface area (Å²) in [4.78, 5) is 19.2. The van der Waals surface area contributed by atoms with Crippen LogP contribution in [0.2, 0.25) is 0 Å². The van der Waals surface area contributed by atoms with Crippen molar-refractivity contribution >= 4 is 43.0 Å². The summed E-state index contributed by atoms with van der Waals surface area (Å²) >= 11 is 1.90. The van der Waals surface area contributed by atoms with Gasteiger partial charge in [0.25, 0.3) is 0 Å². The van der Waals surface area contributed by atoms with Crippen molar-refractivity contribution in [3.63, 3.8) is 0 Å². The van der Waals surface area contributed by atoms with Gasteiger partial charge in [0.05, 0.1) is 10.8 Å². The van der Waals surface area contributed by atoms with Gasteiger partial charge in [-0.15, -0.1) is 40.5 Å². The third-order valence-electron chi connectivity index (χ3n) is 9.05. The maximum absolute atomic E-state index is 11.7. The van der Waals surface area contributed by atoms with Gasteiger partial charge in [0.1, 0.15) is 0 Å². The van der Waals surface area contributed by atoms with Crippen LogP contribution < -0.4 is 4.90 Å². The molecule has 1 radical (unpaired) electrons. The average molecular weight is 848 g/mol. The Labute approximate surface area is 308 Å². The van der Waals surface area contributed by atoms with Crippen LogP contribution in [0.4, 0.5) is 5.00 Å². The number of aryl methyl sites for hydroxylation is 1. The number of aromatic nitrogens is 1. The largest absolute Gasteiger partial charge is 0.512 e.